The van der Waals surface area contributed by atoms with Crippen molar-refractivity contribution < 1.29 is 9.53 Å². The zero-order valence-electron chi connectivity index (χ0n) is 9.97. The normalized spacial score (nSPS) is 23.1. The van der Waals surface area contributed by atoms with E-state index >= 15 is 0 Å². The predicted octanol–water partition coefficient (Wildman–Crippen LogP) is 3.41. The van der Waals surface area contributed by atoms with Gasteiger partial charge >= 0.3 is 5.97 Å². The fraction of sp³-hybridized carbons (Fsp3) is 0.667. The van der Waals surface area contributed by atoms with Gasteiger partial charge in [0.05, 0.1) is 19.4 Å². The Labute approximate surface area is 145 Å². The third-order valence-electron chi connectivity index (χ3n) is 2.19. The van der Waals surface area contributed by atoms with Gasteiger partial charge in [-0.15, -0.1) is 0 Å². The molecule has 114 valence electrons. The van der Waals surface area contributed by atoms with Crippen LogP contribution >= 0.6 is 69.6 Å². The van der Waals surface area contributed by atoms with Crippen LogP contribution in [0.3, 0.4) is 0 Å². The summed E-state index contributed by atoms with van der Waals surface area (Å²) in [5.74, 6) is -0.765. The highest BCUT2D eigenvalue weighted by atomic mass is 35.6. The van der Waals surface area contributed by atoms with Crippen LogP contribution in [0.5, 0.6) is 0 Å². The monoisotopic (exact) mass is 401 g/mol. The van der Waals surface area contributed by atoms with Crippen LogP contribution in [-0.4, -0.2) is 38.0 Å². The van der Waals surface area contributed by atoms with Gasteiger partial charge in [0, 0.05) is 0 Å². The number of amidine groups is 1. The van der Waals surface area contributed by atoms with Gasteiger partial charge in [0.1, 0.15) is 0 Å². The standard InChI is InChI=1S/C9H9Cl6N3O2/c1-2-20-5(19)3-7(9(13,14)15)17-4-16-6(18-7)8(10,11)12/h4H,2-3H2,1H3,(H,16,17,18). The first kappa shape index (κ1) is 18.4. The molecule has 0 amide bonds. The number of aliphatic imine (C=N–C) groups is 2. The van der Waals surface area contributed by atoms with E-state index in [1.54, 1.807) is 6.92 Å². The highest BCUT2D eigenvalue weighted by molar-refractivity contribution is 6.77. The summed E-state index contributed by atoms with van der Waals surface area (Å²) in [6, 6.07) is 0. The maximum atomic E-state index is 11.7. The molecule has 0 saturated carbocycles. The Morgan fingerprint density at radius 1 is 1.35 bits per heavy atom. The van der Waals surface area contributed by atoms with E-state index in [1.807, 2.05) is 0 Å². The third kappa shape index (κ3) is 4.42. The van der Waals surface area contributed by atoms with E-state index in [-0.39, 0.29) is 12.4 Å². The average molecular weight is 404 g/mol. The molecule has 0 bridgehead atoms. The van der Waals surface area contributed by atoms with Gasteiger partial charge in [-0.3, -0.25) is 4.79 Å². The lowest BCUT2D eigenvalue weighted by Gasteiger charge is -2.35. The van der Waals surface area contributed by atoms with Crippen molar-refractivity contribution in [3.63, 3.8) is 0 Å². The minimum atomic E-state index is -2.04. The number of carbonyl (C=O) groups is 1. The van der Waals surface area contributed by atoms with E-state index in [0.29, 0.717) is 0 Å². The molecule has 0 aromatic heterocycles. The molecule has 0 radical (unpaired) electrons. The molecule has 20 heavy (non-hydrogen) atoms. The number of halogens is 6. The number of carbonyl (C=O) groups excluding carboxylic acids is 1. The fourth-order valence-corrected chi connectivity index (χ4v) is 2.09. The fourth-order valence-electron chi connectivity index (χ4n) is 1.33. The van der Waals surface area contributed by atoms with Crippen molar-refractivity contribution in [1.82, 2.24) is 5.32 Å². The Hall–Kier alpha value is 0.350. The Morgan fingerprint density at radius 2 is 1.95 bits per heavy atom. The molecule has 1 unspecified atom stereocenters. The summed E-state index contributed by atoms with van der Waals surface area (Å²) in [6.07, 6.45) is 0.727. The van der Waals surface area contributed by atoms with Gasteiger partial charge in [-0.1, -0.05) is 69.6 Å². The van der Waals surface area contributed by atoms with E-state index in [4.69, 9.17) is 74.3 Å². The third-order valence-corrected chi connectivity index (χ3v) is 3.64. The molecule has 0 aliphatic carbocycles. The Kier molecular flexibility index (Phi) is 6.10. The van der Waals surface area contributed by atoms with Gasteiger partial charge < -0.3 is 10.1 Å². The maximum Gasteiger partial charge on any atom is 0.310 e. The van der Waals surface area contributed by atoms with Crippen molar-refractivity contribution in [2.24, 2.45) is 9.98 Å². The molecule has 1 N–H and O–H groups in total. The van der Waals surface area contributed by atoms with Crippen LogP contribution in [0.15, 0.2) is 9.98 Å². The first-order valence-electron chi connectivity index (χ1n) is 5.21. The number of esters is 1. The molecule has 1 atom stereocenters. The number of nitrogens with one attached hydrogen (secondary N) is 1. The molecule has 0 aromatic rings. The average Bonchev–Trinajstić information content (AvgIpc) is 2.26. The second kappa shape index (κ2) is 6.63. The van der Waals surface area contributed by atoms with E-state index in [1.165, 1.54) is 0 Å². The van der Waals surface area contributed by atoms with Crippen LogP contribution < -0.4 is 5.32 Å². The molecule has 11 heteroatoms. The molecule has 1 heterocycles. The summed E-state index contributed by atoms with van der Waals surface area (Å²) in [5.41, 5.74) is -1.77. The molecular formula is C9H9Cl6N3O2. The van der Waals surface area contributed by atoms with E-state index in [2.05, 4.69) is 15.3 Å². The van der Waals surface area contributed by atoms with Crippen molar-refractivity contribution in [2.75, 3.05) is 6.61 Å². The quantitative estimate of drug-likeness (QED) is 0.580. The smallest absolute Gasteiger partial charge is 0.310 e. The summed E-state index contributed by atoms with van der Waals surface area (Å²) in [6.45, 7) is 1.80. The zero-order chi connectivity index (χ0) is 15.6. The van der Waals surface area contributed by atoms with E-state index in [9.17, 15) is 4.79 Å². The number of ether oxygens (including phenoxy) is 1. The number of rotatable bonds is 3. The van der Waals surface area contributed by atoms with Gasteiger partial charge in [0.2, 0.25) is 13.2 Å². The van der Waals surface area contributed by atoms with E-state index < -0.39 is 25.6 Å². The Bertz CT molecular complexity index is 442. The molecule has 5 nitrogen and oxygen atoms in total. The molecule has 1 rings (SSSR count). The molecule has 0 aromatic carbocycles. The minimum Gasteiger partial charge on any atom is -0.466 e. The van der Waals surface area contributed by atoms with Crippen LogP contribution in [-0.2, 0) is 9.53 Å². The maximum absolute atomic E-state index is 11.7. The number of alkyl halides is 6. The molecule has 1 aliphatic heterocycles. The lowest BCUT2D eigenvalue weighted by molar-refractivity contribution is -0.144. The van der Waals surface area contributed by atoms with Gasteiger partial charge in [-0.2, -0.15) is 0 Å². The van der Waals surface area contributed by atoms with Crippen LogP contribution in [0.1, 0.15) is 13.3 Å². The number of hydrogen-bond donors (Lipinski definition) is 1. The van der Waals surface area contributed by atoms with Gasteiger partial charge in [-0.05, 0) is 6.92 Å². The summed E-state index contributed by atoms with van der Waals surface area (Å²) in [7, 11) is 0. The van der Waals surface area contributed by atoms with Crippen LogP contribution in [0.4, 0.5) is 0 Å². The molecule has 0 saturated heterocycles. The molecule has 0 fully saturated rings. The lowest BCUT2D eigenvalue weighted by atomic mass is 10.1. The second-order valence-corrected chi connectivity index (χ2v) is 8.22. The topological polar surface area (TPSA) is 63.0 Å². The summed E-state index contributed by atoms with van der Waals surface area (Å²) in [4.78, 5) is 19.6. The summed E-state index contributed by atoms with van der Waals surface area (Å²) < 4.78 is 0.880. The van der Waals surface area contributed by atoms with E-state index in [0.717, 1.165) is 6.34 Å². The van der Waals surface area contributed by atoms with Crippen molar-refractivity contribution in [3.8, 4) is 0 Å². The molecular weight excluding hydrogens is 395 g/mol. The minimum absolute atomic E-state index is 0.117. The Morgan fingerprint density at radius 3 is 2.40 bits per heavy atom. The SMILES string of the molecule is CCOC(=O)CC1(C(Cl)(Cl)Cl)N=CNC(C(Cl)(Cl)Cl)=N1. The molecule has 1 aliphatic rings. The van der Waals surface area contributed by atoms with Crippen LogP contribution in [0, 0.1) is 0 Å². The van der Waals surface area contributed by atoms with Crippen molar-refractivity contribution in [2.45, 2.75) is 26.6 Å². The zero-order valence-corrected chi connectivity index (χ0v) is 14.5. The predicted molar refractivity (Wildman–Crippen MR) is 83.6 cm³/mol. The molecule has 0 spiro atoms. The van der Waals surface area contributed by atoms with Gasteiger partial charge in [0.15, 0.2) is 5.84 Å². The summed E-state index contributed by atoms with van der Waals surface area (Å²) in [5, 5.41) is 2.53. The van der Waals surface area contributed by atoms with Gasteiger partial charge in [-0.25, -0.2) is 9.98 Å². The second-order valence-electron chi connectivity index (χ2n) is 3.66. The lowest BCUT2D eigenvalue weighted by Crippen LogP contribution is -2.50. The highest BCUT2D eigenvalue weighted by Gasteiger charge is 2.53. The van der Waals surface area contributed by atoms with Crippen LogP contribution in [0.25, 0.3) is 0 Å². The van der Waals surface area contributed by atoms with Crippen LogP contribution in [0.2, 0.25) is 0 Å². The Balaban J connectivity index is 3.19. The largest absolute Gasteiger partial charge is 0.466 e. The summed E-state index contributed by atoms with van der Waals surface area (Å²) >= 11 is 34.8. The highest BCUT2D eigenvalue weighted by Crippen LogP contribution is 2.46. The van der Waals surface area contributed by atoms with Crippen molar-refractivity contribution in [3.05, 3.63) is 0 Å². The first-order chi connectivity index (χ1) is 9.02. The van der Waals surface area contributed by atoms with Crippen molar-refractivity contribution in [1.29, 1.82) is 0 Å². The first-order valence-corrected chi connectivity index (χ1v) is 7.48. The number of nitrogens with zero attached hydrogens (tertiary/aromatic N) is 2. The number of hydrogen-bond acceptors (Lipinski definition) is 5. The van der Waals surface area contributed by atoms with Crippen molar-refractivity contribution >= 4 is 87.7 Å². The van der Waals surface area contributed by atoms with Gasteiger partial charge in [0.25, 0.3) is 0 Å².